The maximum Gasteiger partial charge on any atom is 0.309 e. The summed E-state index contributed by atoms with van der Waals surface area (Å²) in [6.45, 7) is 8.39. The van der Waals surface area contributed by atoms with Crippen molar-refractivity contribution in [1.29, 1.82) is 0 Å². The van der Waals surface area contributed by atoms with Gasteiger partial charge in [-0.1, -0.05) is 51.0 Å². The number of carbonyl (C=O) groups is 3. The number of carboxylic acids is 1. The topological polar surface area (TPSA) is 118 Å². The van der Waals surface area contributed by atoms with E-state index in [1.165, 1.54) is 17.7 Å². The molecule has 1 aliphatic heterocycles. The molecule has 0 unspecified atom stereocenters. The van der Waals surface area contributed by atoms with Gasteiger partial charge in [0.15, 0.2) is 0 Å². The number of hydrogen-bond acceptors (Lipinski definition) is 5. The first-order valence-electron chi connectivity index (χ1n) is 14.0. The quantitative estimate of drug-likeness (QED) is 0.239. The molecule has 7 rings (SSSR count). The second-order valence-electron chi connectivity index (χ2n) is 13.2. The van der Waals surface area contributed by atoms with Crippen molar-refractivity contribution in [3.63, 3.8) is 0 Å². The van der Waals surface area contributed by atoms with Gasteiger partial charge in [-0.3, -0.25) is 24.5 Å². The van der Waals surface area contributed by atoms with Gasteiger partial charge in [-0.15, -0.1) is 0 Å². The fraction of sp³-hybridized carbons (Fsp3) is 0.633. The van der Waals surface area contributed by atoms with E-state index in [1.54, 1.807) is 12.1 Å². The van der Waals surface area contributed by atoms with Crippen LogP contribution in [-0.2, 0) is 14.4 Å². The SMILES string of the molecule is CC(C)C1=C[C@@]23CC[C@@H]4[C@](C)(CCC[C@@]4(C)C(=O)O)[C@@H]2C[C@@H]1[C@H]1C(=O)N(c2ccccc2[N+](=O)[O-])C(=O)[C@H]13. The maximum atomic E-state index is 14.3. The fourth-order valence-electron chi connectivity index (χ4n) is 10.0. The van der Waals surface area contributed by atoms with E-state index < -0.39 is 33.6 Å². The largest absolute Gasteiger partial charge is 0.481 e. The number of carbonyl (C=O) groups excluding carboxylic acids is 2. The van der Waals surface area contributed by atoms with Gasteiger partial charge in [0.25, 0.3) is 5.69 Å². The number of fused-ring (bicyclic) bond motifs is 1. The third-order valence-corrected chi connectivity index (χ3v) is 11.5. The number of nitrogens with zero attached hydrogens (tertiary/aromatic N) is 2. The number of anilines is 1. The second kappa shape index (κ2) is 7.99. The molecule has 0 radical (unpaired) electrons. The van der Waals surface area contributed by atoms with E-state index >= 15 is 0 Å². The Labute approximate surface area is 222 Å². The van der Waals surface area contributed by atoms with Crippen LogP contribution in [0.15, 0.2) is 35.9 Å². The van der Waals surface area contributed by atoms with Crippen molar-refractivity contribution in [3.8, 4) is 0 Å². The smallest absolute Gasteiger partial charge is 0.309 e. The summed E-state index contributed by atoms with van der Waals surface area (Å²) in [5.41, 5.74) is -0.593. The van der Waals surface area contributed by atoms with Crippen LogP contribution in [0.2, 0.25) is 0 Å². The minimum atomic E-state index is -0.804. The number of allylic oxidation sites excluding steroid dienone is 2. The van der Waals surface area contributed by atoms with Gasteiger partial charge < -0.3 is 5.11 Å². The van der Waals surface area contributed by atoms with Gasteiger partial charge in [0, 0.05) is 11.5 Å². The van der Waals surface area contributed by atoms with Crippen molar-refractivity contribution in [2.75, 3.05) is 4.90 Å². The van der Waals surface area contributed by atoms with Crippen LogP contribution in [0.25, 0.3) is 0 Å². The number of carboxylic acid groups (broad SMARTS) is 1. The Morgan fingerprint density at radius 3 is 2.47 bits per heavy atom. The van der Waals surface area contributed by atoms with Gasteiger partial charge in [0.1, 0.15) is 5.69 Å². The Hall–Kier alpha value is -3.03. The molecule has 8 nitrogen and oxygen atoms in total. The van der Waals surface area contributed by atoms with Gasteiger partial charge in [0.2, 0.25) is 11.8 Å². The Bertz CT molecular complexity index is 1300. The molecule has 2 bridgehead atoms. The first kappa shape index (κ1) is 25.3. The average Bonchev–Trinajstić information content (AvgIpc) is 3.15. The van der Waals surface area contributed by atoms with Crippen molar-refractivity contribution in [2.45, 2.75) is 66.2 Å². The van der Waals surface area contributed by atoms with Gasteiger partial charge >= 0.3 is 5.97 Å². The number of benzene rings is 1. The summed E-state index contributed by atoms with van der Waals surface area (Å²) in [6, 6.07) is 6.00. The fourth-order valence-corrected chi connectivity index (χ4v) is 10.0. The lowest BCUT2D eigenvalue weighted by Crippen LogP contribution is -2.65. The minimum Gasteiger partial charge on any atom is -0.481 e. The Balaban J connectivity index is 1.50. The van der Waals surface area contributed by atoms with E-state index in [2.05, 4.69) is 26.8 Å². The van der Waals surface area contributed by atoms with E-state index in [4.69, 9.17) is 0 Å². The van der Waals surface area contributed by atoms with Crippen molar-refractivity contribution < 1.29 is 24.4 Å². The van der Waals surface area contributed by atoms with Crippen LogP contribution < -0.4 is 4.90 Å². The molecule has 5 aliphatic carbocycles. The number of nitro groups is 1. The first-order valence-corrected chi connectivity index (χ1v) is 14.0. The highest BCUT2D eigenvalue weighted by Gasteiger charge is 2.73. The van der Waals surface area contributed by atoms with Crippen LogP contribution in [0.4, 0.5) is 11.4 Å². The zero-order valence-electron chi connectivity index (χ0n) is 22.5. The molecule has 1 heterocycles. The molecule has 1 N–H and O–H groups in total. The van der Waals surface area contributed by atoms with Crippen LogP contribution in [0.5, 0.6) is 0 Å². The summed E-state index contributed by atoms with van der Waals surface area (Å²) in [4.78, 5) is 53.3. The monoisotopic (exact) mass is 520 g/mol. The summed E-state index contributed by atoms with van der Waals surface area (Å²) in [7, 11) is 0. The predicted molar refractivity (Wildman–Crippen MR) is 140 cm³/mol. The third kappa shape index (κ3) is 2.94. The lowest BCUT2D eigenvalue weighted by Gasteiger charge is -2.68. The van der Waals surface area contributed by atoms with Crippen molar-refractivity contribution in [2.24, 2.45) is 51.8 Å². The molecule has 8 atom stereocenters. The minimum absolute atomic E-state index is 0.00379. The number of aliphatic carboxylic acids is 1. The van der Waals surface area contributed by atoms with Crippen molar-refractivity contribution >= 4 is 29.2 Å². The lowest BCUT2D eigenvalue weighted by molar-refractivity contribution is -0.384. The van der Waals surface area contributed by atoms with Crippen LogP contribution in [0, 0.1) is 61.9 Å². The van der Waals surface area contributed by atoms with Crippen LogP contribution >= 0.6 is 0 Å². The molecule has 1 aromatic rings. The van der Waals surface area contributed by atoms with E-state index in [0.717, 1.165) is 24.2 Å². The van der Waals surface area contributed by atoms with Crippen LogP contribution in [0.1, 0.15) is 66.2 Å². The van der Waals surface area contributed by atoms with E-state index in [9.17, 15) is 29.6 Å². The average molecular weight is 521 g/mol. The normalized spacial score (nSPS) is 41.4. The number of hydrogen-bond donors (Lipinski definition) is 1. The summed E-state index contributed by atoms with van der Waals surface area (Å²) in [5, 5.41) is 22.1. The van der Waals surface area contributed by atoms with Gasteiger partial charge in [0.05, 0.1) is 22.2 Å². The molecule has 38 heavy (non-hydrogen) atoms. The zero-order chi connectivity index (χ0) is 27.4. The molecular weight excluding hydrogens is 484 g/mol. The van der Waals surface area contributed by atoms with Crippen molar-refractivity contribution in [1.82, 2.24) is 0 Å². The summed E-state index contributed by atoms with van der Waals surface area (Å²) in [6.07, 6.45) is 6.84. The molecule has 8 heteroatoms. The Morgan fingerprint density at radius 1 is 1.11 bits per heavy atom. The highest BCUT2D eigenvalue weighted by molar-refractivity contribution is 6.23. The standard InChI is InChI=1S/C30H36N2O6/c1-16(2)18-15-30-13-10-21-28(3,11-7-12-29(21,4)27(35)36)22(30)14-17(18)23-24(30)26(34)31(25(23)33)19-8-5-6-9-20(19)32(37)38/h5-6,8-9,15-17,21-24H,7,10-14H2,1-4H3,(H,35,36)/t17-,21+,22-,23+,24-,28-,29+,30-/m0/s1. The van der Waals surface area contributed by atoms with Gasteiger partial charge in [-0.2, -0.15) is 0 Å². The van der Waals surface area contributed by atoms with Gasteiger partial charge in [-0.25, -0.2) is 4.90 Å². The van der Waals surface area contributed by atoms with Crippen LogP contribution in [0.3, 0.4) is 0 Å². The second-order valence-corrected chi connectivity index (χ2v) is 13.2. The first-order chi connectivity index (χ1) is 17.9. The Morgan fingerprint density at radius 2 is 1.82 bits per heavy atom. The highest BCUT2D eigenvalue weighted by Crippen LogP contribution is 2.74. The number of rotatable bonds is 4. The molecule has 2 amide bonds. The number of para-hydroxylation sites is 2. The van der Waals surface area contributed by atoms with E-state index in [1.807, 2.05) is 6.92 Å². The molecule has 6 aliphatic rings. The van der Waals surface area contributed by atoms with E-state index in [0.29, 0.717) is 19.3 Å². The summed E-state index contributed by atoms with van der Waals surface area (Å²) in [5.74, 6) is -2.32. The molecule has 1 aromatic carbocycles. The summed E-state index contributed by atoms with van der Waals surface area (Å²) >= 11 is 0. The van der Waals surface area contributed by atoms with Crippen LogP contribution in [-0.4, -0.2) is 27.8 Å². The summed E-state index contributed by atoms with van der Waals surface area (Å²) < 4.78 is 0. The molecule has 4 fully saturated rings. The number of amides is 2. The molecular formula is C30H36N2O6. The van der Waals surface area contributed by atoms with Crippen molar-refractivity contribution in [3.05, 3.63) is 46.0 Å². The molecule has 1 spiro atoms. The molecule has 1 saturated heterocycles. The lowest BCUT2D eigenvalue weighted by atomic mass is 9.34. The predicted octanol–water partition coefficient (Wildman–Crippen LogP) is 5.61. The molecule has 202 valence electrons. The number of nitro benzene ring substituents is 1. The zero-order valence-corrected chi connectivity index (χ0v) is 22.5. The third-order valence-electron chi connectivity index (χ3n) is 11.5. The van der Waals surface area contributed by atoms with Gasteiger partial charge in [-0.05, 0) is 74.2 Å². The maximum absolute atomic E-state index is 14.3. The molecule has 0 aromatic heterocycles. The highest BCUT2D eigenvalue weighted by atomic mass is 16.6. The number of imide groups is 1. The van der Waals surface area contributed by atoms with E-state index in [-0.39, 0.29) is 52.3 Å². The molecule has 3 saturated carbocycles. The Kier molecular flexibility index (Phi) is 5.31.